The summed E-state index contributed by atoms with van der Waals surface area (Å²) >= 11 is 3.49. The van der Waals surface area contributed by atoms with Crippen molar-refractivity contribution in [3.8, 4) is 6.01 Å². The summed E-state index contributed by atoms with van der Waals surface area (Å²) in [5.41, 5.74) is 1.94. The van der Waals surface area contributed by atoms with E-state index in [9.17, 15) is 0 Å². The Morgan fingerprint density at radius 3 is 3.00 bits per heavy atom. The molecule has 0 aliphatic heterocycles. The van der Waals surface area contributed by atoms with Gasteiger partial charge in [-0.2, -0.15) is 4.98 Å². The average molecular weight is 283 g/mol. The normalized spacial score (nSPS) is 12.9. The van der Waals surface area contributed by atoms with Gasteiger partial charge in [0.1, 0.15) is 0 Å². The molecule has 0 bridgehead atoms. The molecule has 0 saturated heterocycles. The van der Waals surface area contributed by atoms with Crippen LogP contribution < -0.4 is 4.74 Å². The summed E-state index contributed by atoms with van der Waals surface area (Å²) in [5, 5.41) is 0.0352. The van der Waals surface area contributed by atoms with Crippen LogP contribution in [0, 0.1) is 0 Å². The zero-order valence-electron chi connectivity index (χ0n) is 9.24. The summed E-state index contributed by atoms with van der Waals surface area (Å²) in [5.74, 6) is 0. The Labute approximate surface area is 103 Å². The molecule has 1 unspecified atom stereocenters. The van der Waals surface area contributed by atoms with E-state index in [1.807, 2.05) is 24.3 Å². The minimum atomic E-state index is 0.0352. The predicted molar refractivity (Wildman–Crippen MR) is 69.0 cm³/mol. The number of nitrogens with zero attached hydrogens (tertiary/aromatic N) is 1. The van der Waals surface area contributed by atoms with E-state index in [1.54, 1.807) is 0 Å². The highest BCUT2D eigenvalue weighted by molar-refractivity contribution is 9.09. The fraction of sp³-hybridized carbons (Fsp3) is 0.417. The summed E-state index contributed by atoms with van der Waals surface area (Å²) in [7, 11) is 0. The van der Waals surface area contributed by atoms with Crippen molar-refractivity contribution in [2.24, 2.45) is 0 Å². The highest BCUT2D eigenvalue weighted by Crippen LogP contribution is 2.19. The smallest absolute Gasteiger partial charge is 0.295 e. The van der Waals surface area contributed by atoms with Crippen LogP contribution in [0.1, 0.15) is 26.2 Å². The third-order valence-electron chi connectivity index (χ3n) is 2.39. The van der Waals surface area contributed by atoms with Crippen molar-refractivity contribution in [1.82, 2.24) is 9.97 Å². The van der Waals surface area contributed by atoms with Gasteiger partial charge in [0.2, 0.25) is 0 Å². The van der Waals surface area contributed by atoms with Crippen LogP contribution >= 0.6 is 15.9 Å². The molecule has 1 aromatic heterocycles. The van der Waals surface area contributed by atoms with Crippen LogP contribution in [0.15, 0.2) is 24.3 Å². The number of fused-ring (bicyclic) bond motifs is 1. The van der Waals surface area contributed by atoms with Crippen molar-refractivity contribution < 1.29 is 4.74 Å². The molecule has 0 aliphatic rings. The maximum Gasteiger partial charge on any atom is 0.295 e. The molecule has 2 aromatic rings. The van der Waals surface area contributed by atoms with E-state index in [1.165, 1.54) is 6.42 Å². The fourth-order valence-electron chi connectivity index (χ4n) is 1.53. The van der Waals surface area contributed by atoms with Gasteiger partial charge < -0.3 is 9.72 Å². The number of halogens is 1. The van der Waals surface area contributed by atoms with E-state index in [-0.39, 0.29) is 5.01 Å². The third-order valence-corrected chi connectivity index (χ3v) is 3.04. The number of H-pyrrole nitrogens is 1. The van der Waals surface area contributed by atoms with Crippen LogP contribution in [-0.4, -0.2) is 15.0 Å². The first-order valence-corrected chi connectivity index (χ1v) is 6.46. The Hall–Kier alpha value is -1.03. The molecule has 0 spiro atoms. The topological polar surface area (TPSA) is 37.9 Å². The van der Waals surface area contributed by atoms with Gasteiger partial charge in [-0.05, 0) is 40.9 Å². The molecule has 1 aromatic carbocycles. The fourth-order valence-corrected chi connectivity index (χ4v) is 2.03. The van der Waals surface area contributed by atoms with Gasteiger partial charge >= 0.3 is 0 Å². The molecule has 4 heteroatoms. The second-order valence-corrected chi connectivity index (χ2v) is 4.75. The van der Waals surface area contributed by atoms with Crippen molar-refractivity contribution in [2.45, 2.75) is 31.2 Å². The highest BCUT2D eigenvalue weighted by Gasteiger charge is 2.08. The Balaban J connectivity index is 2.03. The number of unbranched alkanes of at least 4 members (excludes halogenated alkanes) is 1. The number of alkyl halides is 1. The quantitative estimate of drug-likeness (QED) is 0.846. The number of ether oxygens (including phenoxy) is 1. The number of hydrogen-bond acceptors (Lipinski definition) is 2. The summed E-state index contributed by atoms with van der Waals surface area (Å²) < 4.78 is 5.65. The first-order valence-electron chi connectivity index (χ1n) is 5.55. The molecule has 0 radical (unpaired) electrons. The minimum absolute atomic E-state index is 0.0352. The largest absolute Gasteiger partial charge is 0.450 e. The van der Waals surface area contributed by atoms with Gasteiger partial charge in [-0.15, -0.1) is 0 Å². The number of nitrogens with one attached hydrogen (secondary N) is 1. The SMILES string of the molecule is CCCCC(Br)Oc1nc2ccccc2[nH]1. The molecule has 0 amide bonds. The number of para-hydroxylation sites is 2. The average Bonchev–Trinajstić information content (AvgIpc) is 2.68. The van der Waals surface area contributed by atoms with Crippen molar-refractivity contribution in [2.75, 3.05) is 0 Å². The highest BCUT2D eigenvalue weighted by atomic mass is 79.9. The molecule has 3 nitrogen and oxygen atoms in total. The molecule has 0 saturated carbocycles. The van der Waals surface area contributed by atoms with Gasteiger partial charge in [0, 0.05) is 0 Å². The van der Waals surface area contributed by atoms with Crippen molar-refractivity contribution in [3.63, 3.8) is 0 Å². The lowest BCUT2D eigenvalue weighted by Gasteiger charge is -2.08. The first kappa shape index (κ1) is 11.5. The Kier molecular flexibility index (Phi) is 3.83. The standard InChI is InChI=1S/C12H15BrN2O/c1-2-3-8-11(13)16-12-14-9-6-4-5-7-10(9)15-12/h4-7,11H,2-3,8H2,1H3,(H,14,15). The van der Waals surface area contributed by atoms with E-state index < -0.39 is 0 Å². The number of imidazole rings is 1. The maximum atomic E-state index is 5.65. The number of hydrogen-bond donors (Lipinski definition) is 1. The minimum Gasteiger partial charge on any atom is -0.450 e. The molecular weight excluding hydrogens is 268 g/mol. The molecule has 2 rings (SSSR count). The molecule has 1 atom stereocenters. The van der Waals surface area contributed by atoms with Crippen LogP contribution in [0.3, 0.4) is 0 Å². The van der Waals surface area contributed by atoms with Crippen LogP contribution in [-0.2, 0) is 0 Å². The maximum absolute atomic E-state index is 5.65. The number of benzene rings is 1. The lowest BCUT2D eigenvalue weighted by molar-refractivity contribution is 0.261. The lowest BCUT2D eigenvalue weighted by Crippen LogP contribution is -2.08. The van der Waals surface area contributed by atoms with Gasteiger partial charge in [-0.3, -0.25) is 0 Å². The van der Waals surface area contributed by atoms with Crippen LogP contribution in [0.2, 0.25) is 0 Å². The first-order chi connectivity index (χ1) is 7.79. The number of rotatable bonds is 5. The monoisotopic (exact) mass is 282 g/mol. The second kappa shape index (κ2) is 5.34. The zero-order chi connectivity index (χ0) is 11.4. The summed E-state index contributed by atoms with van der Waals surface area (Å²) in [6.45, 7) is 2.17. The molecule has 16 heavy (non-hydrogen) atoms. The Morgan fingerprint density at radius 1 is 1.44 bits per heavy atom. The van der Waals surface area contributed by atoms with Gasteiger partial charge in [-0.25, -0.2) is 0 Å². The lowest BCUT2D eigenvalue weighted by atomic mass is 10.3. The van der Waals surface area contributed by atoms with Crippen LogP contribution in [0.5, 0.6) is 6.01 Å². The van der Waals surface area contributed by atoms with Crippen molar-refractivity contribution >= 4 is 27.0 Å². The van der Waals surface area contributed by atoms with E-state index in [4.69, 9.17) is 4.74 Å². The van der Waals surface area contributed by atoms with Gasteiger partial charge in [-0.1, -0.05) is 25.5 Å². The second-order valence-electron chi connectivity index (χ2n) is 3.73. The molecule has 1 N–H and O–H groups in total. The van der Waals surface area contributed by atoms with Crippen molar-refractivity contribution in [3.05, 3.63) is 24.3 Å². The van der Waals surface area contributed by atoms with Crippen LogP contribution in [0.25, 0.3) is 11.0 Å². The van der Waals surface area contributed by atoms with E-state index in [0.717, 1.165) is 23.9 Å². The Morgan fingerprint density at radius 2 is 2.25 bits per heavy atom. The summed E-state index contributed by atoms with van der Waals surface area (Å²) in [4.78, 5) is 7.49. The molecule has 0 fully saturated rings. The molecule has 1 heterocycles. The van der Waals surface area contributed by atoms with E-state index in [2.05, 4.69) is 32.8 Å². The Bertz CT molecular complexity index is 422. The molecule has 0 aliphatic carbocycles. The van der Waals surface area contributed by atoms with Crippen molar-refractivity contribution in [1.29, 1.82) is 0 Å². The number of aromatic nitrogens is 2. The predicted octanol–water partition coefficient (Wildman–Crippen LogP) is 3.85. The third kappa shape index (κ3) is 2.76. The number of aromatic amines is 1. The summed E-state index contributed by atoms with van der Waals surface area (Å²) in [6, 6.07) is 8.49. The van der Waals surface area contributed by atoms with E-state index in [0.29, 0.717) is 6.01 Å². The van der Waals surface area contributed by atoms with Gasteiger partial charge in [0.05, 0.1) is 11.0 Å². The molecular formula is C12H15BrN2O. The van der Waals surface area contributed by atoms with Gasteiger partial charge in [0.15, 0.2) is 5.01 Å². The molecule has 86 valence electrons. The van der Waals surface area contributed by atoms with Gasteiger partial charge in [0.25, 0.3) is 6.01 Å². The van der Waals surface area contributed by atoms with E-state index >= 15 is 0 Å². The zero-order valence-corrected chi connectivity index (χ0v) is 10.8. The summed E-state index contributed by atoms with van der Waals surface area (Å²) in [6.07, 6.45) is 3.31. The van der Waals surface area contributed by atoms with Crippen LogP contribution in [0.4, 0.5) is 0 Å².